The molecule has 2 nitrogen and oxygen atoms in total. The predicted octanol–water partition coefficient (Wildman–Crippen LogP) is 3.65. The molecule has 96 valence electrons. The van der Waals surface area contributed by atoms with E-state index in [0.29, 0.717) is 6.04 Å². The largest absolute Gasteiger partial charge is 0.309 e. The summed E-state index contributed by atoms with van der Waals surface area (Å²) < 4.78 is 0. The third-order valence-electron chi connectivity index (χ3n) is 2.99. The van der Waals surface area contributed by atoms with Gasteiger partial charge in [-0.05, 0) is 32.4 Å². The van der Waals surface area contributed by atoms with Crippen LogP contribution >= 0.6 is 11.3 Å². The molecule has 1 aromatic carbocycles. The molecule has 1 aromatic heterocycles. The van der Waals surface area contributed by atoms with Crippen molar-refractivity contribution in [3.8, 4) is 0 Å². The quantitative estimate of drug-likeness (QED) is 0.887. The van der Waals surface area contributed by atoms with Gasteiger partial charge in [0.05, 0.1) is 5.01 Å². The van der Waals surface area contributed by atoms with Crippen LogP contribution in [0, 0.1) is 13.8 Å². The van der Waals surface area contributed by atoms with Gasteiger partial charge in [-0.1, -0.05) is 36.8 Å². The number of aryl methyl sites for hydroxylation is 2. The van der Waals surface area contributed by atoms with E-state index in [9.17, 15) is 0 Å². The van der Waals surface area contributed by atoms with E-state index in [-0.39, 0.29) is 0 Å². The Balaban J connectivity index is 2.13. The van der Waals surface area contributed by atoms with Crippen molar-refractivity contribution in [1.29, 1.82) is 0 Å². The first kappa shape index (κ1) is 13.2. The summed E-state index contributed by atoms with van der Waals surface area (Å²) in [6.07, 6.45) is 3.03. The lowest BCUT2D eigenvalue weighted by Crippen LogP contribution is -2.22. The second-order valence-electron chi connectivity index (χ2n) is 4.58. The first-order valence-electron chi connectivity index (χ1n) is 6.40. The van der Waals surface area contributed by atoms with E-state index in [2.05, 4.69) is 55.3 Å². The average molecular weight is 260 g/mol. The lowest BCUT2D eigenvalue weighted by Gasteiger charge is -2.16. The van der Waals surface area contributed by atoms with Crippen LogP contribution in [0.4, 0.5) is 0 Å². The molecule has 1 atom stereocenters. The predicted molar refractivity (Wildman–Crippen MR) is 78.2 cm³/mol. The van der Waals surface area contributed by atoms with E-state index in [1.807, 2.05) is 6.20 Å². The van der Waals surface area contributed by atoms with Crippen molar-refractivity contribution in [1.82, 2.24) is 10.3 Å². The number of nitrogens with zero attached hydrogens (tertiary/aromatic N) is 1. The molecule has 0 spiro atoms. The van der Waals surface area contributed by atoms with Crippen molar-refractivity contribution in [2.45, 2.75) is 33.2 Å². The van der Waals surface area contributed by atoms with E-state index < -0.39 is 0 Å². The molecule has 0 radical (unpaired) electrons. The summed E-state index contributed by atoms with van der Waals surface area (Å²) in [6, 6.07) is 9.16. The van der Waals surface area contributed by atoms with Gasteiger partial charge in [0.15, 0.2) is 0 Å². The van der Waals surface area contributed by atoms with Crippen molar-refractivity contribution >= 4 is 11.3 Å². The molecule has 0 saturated carbocycles. The summed E-state index contributed by atoms with van der Waals surface area (Å²) in [5.74, 6) is 0. The Labute approximate surface area is 113 Å². The Morgan fingerprint density at radius 1 is 1.22 bits per heavy atom. The van der Waals surface area contributed by atoms with Gasteiger partial charge in [0.1, 0.15) is 0 Å². The zero-order valence-corrected chi connectivity index (χ0v) is 12.1. The van der Waals surface area contributed by atoms with Gasteiger partial charge in [0, 0.05) is 17.1 Å². The number of benzene rings is 1. The van der Waals surface area contributed by atoms with Crippen LogP contribution < -0.4 is 5.32 Å². The Morgan fingerprint density at radius 2 is 1.94 bits per heavy atom. The standard InChI is InChI=1S/C15H20N2S/c1-4-16-14(15-10-17-12(3)18-15)9-13-7-5-11(2)6-8-13/h5-8,10,14,16H,4,9H2,1-3H3. The van der Waals surface area contributed by atoms with Gasteiger partial charge in [-0.2, -0.15) is 0 Å². The molecule has 0 bridgehead atoms. The second-order valence-corrected chi connectivity index (χ2v) is 5.85. The minimum Gasteiger partial charge on any atom is -0.309 e. The van der Waals surface area contributed by atoms with Crippen molar-refractivity contribution in [2.24, 2.45) is 0 Å². The van der Waals surface area contributed by atoms with Crippen molar-refractivity contribution in [2.75, 3.05) is 6.54 Å². The average Bonchev–Trinajstić information content (AvgIpc) is 2.78. The SMILES string of the molecule is CCNC(Cc1ccc(C)cc1)c1cnc(C)s1. The van der Waals surface area contributed by atoms with E-state index in [1.165, 1.54) is 16.0 Å². The number of thiazole rings is 1. The van der Waals surface area contributed by atoms with Crippen LogP contribution in [0.15, 0.2) is 30.5 Å². The van der Waals surface area contributed by atoms with Crippen LogP contribution in [0.3, 0.4) is 0 Å². The maximum Gasteiger partial charge on any atom is 0.0897 e. The van der Waals surface area contributed by atoms with Crippen LogP contribution in [0.2, 0.25) is 0 Å². The summed E-state index contributed by atoms with van der Waals surface area (Å²) in [5, 5.41) is 4.68. The van der Waals surface area contributed by atoms with Gasteiger partial charge in [-0.3, -0.25) is 0 Å². The summed E-state index contributed by atoms with van der Waals surface area (Å²) in [7, 11) is 0. The first-order chi connectivity index (χ1) is 8.69. The smallest absolute Gasteiger partial charge is 0.0897 e. The summed E-state index contributed by atoms with van der Waals surface area (Å²) in [4.78, 5) is 5.68. The van der Waals surface area contributed by atoms with E-state index >= 15 is 0 Å². The topological polar surface area (TPSA) is 24.9 Å². The zero-order valence-electron chi connectivity index (χ0n) is 11.2. The molecule has 0 aliphatic carbocycles. The number of aromatic nitrogens is 1. The molecule has 2 aromatic rings. The van der Waals surface area contributed by atoms with Gasteiger partial charge in [0.2, 0.25) is 0 Å². The molecule has 0 saturated heterocycles. The van der Waals surface area contributed by atoms with Crippen molar-refractivity contribution in [3.63, 3.8) is 0 Å². The molecular weight excluding hydrogens is 240 g/mol. The molecule has 0 aliphatic heterocycles. The molecule has 3 heteroatoms. The highest BCUT2D eigenvalue weighted by atomic mass is 32.1. The molecule has 1 N–H and O–H groups in total. The molecule has 18 heavy (non-hydrogen) atoms. The van der Waals surface area contributed by atoms with Gasteiger partial charge in [0.25, 0.3) is 0 Å². The van der Waals surface area contributed by atoms with Crippen LogP contribution in [0.1, 0.15) is 34.0 Å². The minimum absolute atomic E-state index is 0.379. The number of hydrogen-bond acceptors (Lipinski definition) is 3. The number of hydrogen-bond donors (Lipinski definition) is 1. The molecule has 1 heterocycles. The van der Waals surface area contributed by atoms with Crippen LogP contribution in [-0.2, 0) is 6.42 Å². The maximum atomic E-state index is 4.35. The van der Waals surface area contributed by atoms with E-state index in [0.717, 1.165) is 18.0 Å². The van der Waals surface area contributed by atoms with Gasteiger partial charge < -0.3 is 5.32 Å². The lowest BCUT2D eigenvalue weighted by atomic mass is 10.0. The Bertz CT molecular complexity index is 487. The number of nitrogens with one attached hydrogen (secondary N) is 1. The van der Waals surface area contributed by atoms with Crippen molar-refractivity contribution < 1.29 is 0 Å². The maximum absolute atomic E-state index is 4.35. The summed E-state index contributed by atoms with van der Waals surface area (Å²) >= 11 is 1.78. The van der Waals surface area contributed by atoms with Crippen molar-refractivity contribution in [3.05, 3.63) is 51.5 Å². The summed E-state index contributed by atoms with van der Waals surface area (Å²) in [5.41, 5.74) is 2.69. The minimum atomic E-state index is 0.379. The fraction of sp³-hybridized carbons (Fsp3) is 0.400. The third-order valence-corrected chi connectivity index (χ3v) is 4.02. The highest BCUT2D eigenvalue weighted by Gasteiger charge is 2.13. The van der Waals surface area contributed by atoms with Gasteiger partial charge in [-0.25, -0.2) is 4.98 Å². The number of rotatable bonds is 5. The van der Waals surface area contributed by atoms with Gasteiger partial charge in [-0.15, -0.1) is 11.3 Å². The summed E-state index contributed by atoms with van der Waals surface area (Å²) in [6.45, 7) is 7.31. The Morgan fingerprint density at radius 3 is 2.50 bits per heavy atom. The zero-order chi connectivity index (χ0) is 13.0. The van der Waals surface area contributed by atoms with Crippen LogP contribution in [0.25, 0.3) is 0 Å². The van der Waals surface area contributed by atoms with Gasteiger partial charge >= 0.3 is 0 Å². The van der Waals surface area contributed by atoms with Crippen LogP contribution in [-0.4, -0.2) is 11.5 Å². The molecule has 0 amide bonds. The molecule has 2 rings (SSSR count). The Hall–Kier alpha value is -1.19. The monoisotopic (exact) mass is 260 g/mol. The van der Waals surface area contributed by atoms with Crippen LogP contribution in [0.5, 0.6) is 0 Å². The third kappa shape index (κ3) is 3.40. The first-order valence-corrected chi connectivity index (χ1v) is 7.22. The van der Waals surface area contributed by atoms with E-state index in [4.69, 9.17) is 0 Å². The highest BCUT2D eigenvalue weighted by molar-refractivity contribution is 7.11. The lowest BCUT2D eigenvalue weighted by molar-refractivity contribution is 0.557. The molecule has 1 unspecified atom stereocenters. The molecular formula is C15H20N2S. The fourth-order valence-electron chi connectivity index (χ4n) is 2.02. The highest BCUT2D eigenvalue weighted by Crippen LogP contribution is 2.24. The number of likely N-dealkylation sites (N-methyl/N-ethyl adjacent to an activating group) is 1. The Kier molecular flexibility index (Phi) is 4.50. The normalized spacial score (nSPS) is 12.6. The molecule has 0 fully saturated rings. The second kappa shape index (κ2) is 6.12. The molecule has 0 aliphatic rings. The van der Waals surface area contributed by atoms with E-state index in [1.54, 1.807) is 11.3 Å². The fourth-order valence-corrected chi connectivity index (χ4v) is 2.88.